The topological polar surface area (TPSA) is 160 Å². The SMILES string of the molecule is N#Cc1cccc(CNc2nc(=NC3CC3)n3nc/c(=C\c4[nH]c(=O)[nH]c4O)c3n2)c1. The van der Waals surface area contributed by atoms with Crippen molar-refractivity contribution in [2.75, 3.05) is 5.32 Å². The van der Waals surface area contributed by atoms with Crippen LogP contribution in [-0.2, 0) is 6.54 Å². The van der Waals surface area contributed by atoms with Gasteiger partial charge in [-0.15, -0.1) is 0 Å². The lowest BCUT2D eigenvalue weighted by molar-refractivity contribution is 0.454. The van der Waals surface area contributed by atoms with E-state index in [0.717, 1.165) is 18.4 Å². The number of fused-ring (bicyclic) bond motifs is 1. The lowest BCUT2D eigenvalue weighted by Gasteiger charge is -2.06. The molecule has 1 aliphatic carbocycles. The minimum atomic E-state index is -0.513. The van der Waals surface area contributed by atoms with Crippen molar-refractivity contribution in [3.63, 3.8) is 0 Å². The van der Waals surface area contributed by atoms with Crippen LogP contribution in [0.25, 0.3) is 11.7 Å². The number of nitrogens with zero attached hydrogens (tertiary/aromatic N) is 6. The first-order valence-electron chi connectivity index (χ1n) is 9.64. The maximum atomic E-state index is 11.4. The highest BCUT2D eigenvalue weighted by molar-refractivity contribution is 5.57. The Balaban J connectivity index is 1.58. The smallest absolute Gasteiger partial charge is 0.326 e. The van der Waals surface area contributed by atoms with Crippen molar-refractivity contribution in [2.24, 2.45) is 4.99 Å². The van der Waals surface area contributed by atoms with Crippen LogP contribution in [0.1, 0.15) is 29.7 Å². The molecule has 154 valence electrons. The van der Waals surface area contributed by atoms with Crippen LogP contribution in [-0.4, -0.2) is 40.7 Å². The van der Waals surface area contributed by atoms with E-state index in [2.05, 4.69) is 41.4 Å². The van der Waals surface area contributed by atoms with Crippen molar-refractivity contribution in [1.82, 2.24) is 29.5 Å². The van der Waals surface area contributed by atoms with E-state index in [-0.39, 0.29) is 17.6 Å². The molecule has 5 rings (SSSR count). The van der Waals surface area contributed by atoms with E-state index in [1.807, 2.05) is 12.1 Å². The van der Waals surface area contributed by atoms with E-state index in [9.17, 15) is 9.90 Å². The average Bonchev–Trinajstić information content (AvgIpc) is 3.41. The maximum absolute atomic E-state index is 11.4. The summed E-state index contributed by atoms with van der Waals surface area (Å²) in [6.07, 6.45) is 5.16. The molecule has 0 amide bonds. The number of aromatic nitrogens is 6. The predicted octanol–water partition coefficient (Wildman–Crippen LogP) is -0.0591. The Morgan fingerprint density at radius 3 is 2.97 bits per heavy atom. The quantitative estimate of drug-likeness (QED) is 0.355. The van der Waals surface area contributed by atoms with Crippen LogP contribution in [0.4, 0.5) is 5.95 Å². The third-order valence-electron chi connectivity index (χ3n) is 4.76. The summed E-state index contributed by atoms with van der Waals surface area (Å²) in [4.78, 5) is 29.9. The number of anilines is 1. The van der Waals surface area contributed by atoms with Crippen molar-refractivity contribution in [1.29, 1.82) is 5.26 Å². The first-order chi connectivity index (χ1) is 15.1. The van der Waals surface area contributed by atoms with Gasteiger partial charge in [-0.25, -0.2) is 9.79 Å². The van der Waals surface area contributed by atoms with E-state index < -0.39 is 5.69 Å². The zero-order chi connectivity index (χ0) is 21.4. The molecule has 11 nitrogen and oxygen atoms in total. The fraction of sp³-hybridized carbons (Fsp3) is 0.200. The molecule has 3 aromatic heterocycles. The Kier molecular flexibility index (Phi) is 4.44. The molecule has 1 aromatic carbocycles. The van der Waals surface area contributed by atoms with E-state index in [1.165, 1.54) is 4.52 Å². The molecule has 4 N–H and O–H groups in total. The Labute approximate surface area is 174 Å². The van der Waals surface area contributed by atoms with Gasteiger partial charge in [-0.3, -0.25) is 4.98 Å². The van der Waals surface area contributed by atoms with Gasteiger partial charge in [0.2, 0.25) is 11.8 Å². The number of hydrogen-bond donors (Lipinski definition) is 4. The number of H-pyrrole nitrogens is 2. The number of benzene rings is 1. The summed E-state index contributed by atoms with van der Waals surface area (Å²) in [5.41, 5.74) is 2.10. The van der Waals surface area contributed by atoms with Crippen LogP contribution in [0.5, 0.6) is 5.88 Å². The van der Waals surface area contributed by atoms with Gasteiger partial charge in [0.25, 0.3) is 5.62 Å². The highest BCUT2D eigenvalue weighted by Gasteiger charge is 2.21. The number of nitrogens with one attached hydrogen (secondary N) is 3. The van der Waals surface area contributed by atoms with Gasteiger partial charge in [0, 0.05) is 11.8 Å². The second-order valence-corrected chi connectivity index (χ2v) is 7.19. The summed E-state index contributed by atoms with van der Waals surface area (Å²) in [5.74, 6) is 0.0909. The standard InChI is InChI=1S/C20H17N9O2/c21-8-11-2-1-3-12(6-11)9-22-18-26-16-13(7-15-17(30)27-20(31)25-15)10-23-29(16)19(28-18)24-14-4-5-14/h1-3,6-7,10,14,30H,4-5,9H2,(H,22,24,28)(H2,25,27,31)/b13-7+. The molecule has 3 heterocycles. The second-order valence-electron chi connectivity index (χ2n) is 7.19. The van der Waals surface area contributed by atoms with Crippen molar-refractivity contribution in [3.8, 4) is 11.9 Å². The molecule has 0 atom stereocenters. The summed E-state index contributed by atoms with van der Waals surface area (Å²) >= 11 is 0. The van der Waals surface area contributed by atoms with Crippen LogP contribution < -0.4 is 21.8 Å². The van der Waals surface area contributed by atoms with Gasteiger partial charge >= 0.3 is 5.69 Å². The molecular formula is C20H17N9O2. The molecule has 0 bridgehead atoms. The first-order valence-corrected chi connectivity index (χ1v) is 9.64. The van der Waals surface area contributed by atoms with E-state index >= 15 is 0 Å². The van der Waals surface area contributed by atoms with Gasteiger partial charge in [-0.05, 0) is 36.6 Å². The lowest BCUT2D eigenvalue weighted by atomic mass is 10.1. The molecule has 0 saturated heterocycles. The minimum absolute atomic E-state index is 0.222. The number of imidazole rings is 1. The number of rotatable bonds is 5. The van der Waals surface area contributed by atoms with Crippen LogP contribution in [0.15, 0.2) is 40.2 Å². The molecule has 1 saturated carbocycles. The molecule has 0 unspecified atom stereocenters. The van der Waals surface area contributed by atoms with Crippen LogP contribution in [0, 0.1) is 11.3 Å². The Morgan fingerprint density at radius 2 is 2.23 bits per heavy atom. The number of aromatic hydroxyl groups is 1. The van der Waals surface area contributed by atoms with Gasteiger partial charge in [-0.1, -0.05) is 12.1 Å². The highest BCUT2D eigenvalue weighted by atomic mass is 16.3. The molecule has 0 aliphatic heterocycles. The third-order valence-corrected chi connectivity index (χ3v) is 4.76. The molecule has 0 radical (unpaired) electrons. The van der Waals surface area contributed by atoms with Crippen LogP contribution in [0.2, 0.25) is 0 Å². The van der Waals surface area contributed by atoms with Gasteiger partial charge in [0.1, 0.15) is 5.69 Å². The average molecular weight is 415 g/mol. The monoisotopic (exact) mass is 415 g/mol. The summed E-state index contributed by atoms with van der Waals surface area (Å²) < 4.78 is 1.54. The molecule has 4 aromatic rings. The Bertz CT molecular complexity index is 1500. The fourth-order valence-corrected chi connectivity index (χ4v) is 3.09. The third kappa shape index (κ3) is 3.86. The van der Waals surface area contributed by atoms with Crippen LogP contribution in [0.3, 0.4) is 0 Å². The van der Waals surface area contributed by atoms with Crippen molar-refractivity contribution in [3.05, 3.63) is 68.6 Å². The Morgan fingerprint density at radius 1 is 1.35 bits per heavy atom. The summed E-state index contributed by atoms with van der Waals surface area (Å²) in [7, 11) is 0. The maximum Gasteiger partial charge on any atom is 0.326 e. The normalized spacial score (nSPS) is 14.8. The molecule has 0 spiro atoms. The first kappa shape index (κ1) is 18.6. The number of hydrogen-bond acceptors (Lipinski definition) is 8. The largest absolute Gasteiger partial charge is 0.493 e. The zero-order valence-corrected chi connectivity index (χ0v) is 16.2. The second kappa shape index (κ2) is 7.42. The molecular weight excluding hydrogens is 398 g/mol. The molecule has 1 aliphatic rings. The van der Waals surface area contributed by atoms with Gasteiger partial charge in [0.15, 0.2) is 5.65 Å². The van der Waals surface area contributed by atoms with Gasteiger partial charge in [-0.2, -0.15) is 24.8 Å². The summed E-state index contributed by atoms with van der Waals surface area (Å²) in [5, 5.41) is 27.0. The van der Waals surface area contributed by atoms with Crippen molar-refractivity contribution >= 4 is 17.7 Å². The highest BCUT2D eigenvalue weighted by Crippen LogP contribution is 2.22. The van der Waals surface area contributed by atoms with Gasteiger partial charge in [0.05, 0.1) is 23.9 Å². The van der Waals surface area contributed by atoms with Crippen molar-refractivity contribution < 1.29 is 5.11 Å². The molecule has 1 fully saturated rings. The predicted molar refractivity (Wildman–Crippen MR) is 110 cm³/mol. The van der Waals surface area contributed by atoms with Gasteiger partial charge < -0.3 is 15.4 Å². The number of nitriles is 1. The zero-order valence-electron chi connectivity index (χ0n) is 16.2. The van der Waals surface area contributed by atoms with E-state index in [1.54, 1.807) is 24.4 Å². The summed E-state index contributed by atoms with van der Waals surface area (Å²) in [6, 6.07) is 9.61. The fourth-order valence-electron chi connectivity index (χ4n) is 3.09. The van der Waals surface area contributed by atoms with Crippen LogP contribution >= 0.6 is 0 Å². The van der Waals surface area contributed by atoms with E-state index in [0.29, 0.717) is 34.5 Å². The lowest BCUT2D eigenvalue weighted by Crippen LogP contribution is -2.24. The molecule has 11 heteroatoms. The molecule has 31 heavy (non-hydrogen) atoms. The minimum Gasteiger partial charge on any atom is -0.493 e. The Hall–Kier alpha value is -4.46. The number of aromatic amines is 2. The van der Waals surface area contributed by atoms with E-state index in [4.69, 9.17) is 5.26 Å². The summed E-state index contributed by atoms with van der Waals surface area (Å²) in [6.45, 7) is 0.424. The van der Waals surface area contributed by atoms with Crippen molar-refractivity contribution in [2.45, 2.75) is 25.4 Å².